The Morgan fingerprint density at radius 2 is 2.20 bits per heavy atom. The Morgan fingerprint density at radius 1 is 1.45 bits per heavy atom. The molecule has 1 aliphatic rings. The van der Waals surface area contributed by atoms with Crippen LogP contribution in [0, 0.1) is 5.92 Å². The summed E-state index contributed by atoms with van der Waals surface area (Å²) in [4.78, 5) is 11.3. The van der Waals surface area contributed by atoms with E-state index in [4.69, 9.17) is 21.1 Å². The van der Waals surface area contributed by atoms with E-state index in [2.05, 4.69) is 0 Å². The van der Waals surface area contributed by atoms with Gasteiger partial charge in [0.2, 0.25) is 6.79 Å². The Labute approximate surface area is 122 Å². The van der Waals surface area contributed by atoms with Crippen LogP contribution in [0.2, 0.25) is 5.02 Å². The van der Waals surface area contributed by atoms with E-state index in [0.717, 1.165) is 12.8 Å². The zero-order valence-electron chi connectivity index (χ0n) is 11.1. The zero-order chi connectivity index (χ0) is 14.7. The zero-order valence-corrected chi connectivity index (χ0v) is 11.9. The molecule has 2 atom stereocenters. The summed E-state index contributed by atoms with van der Waals surface area (Å²) < 4.78 is 10.4. The molecular formula is C14H17ClO5. The highest BCUT2D eigenvalue weighted by molar-refractivity contribution is 6.32. The molecule has 110 valence electrons. The number of rotatable bonds is 6. The van der Waals surface area contributed by atoms with Gasteiger partial charge in [0.15, 0.2) is 11.5 Å². The van der Waals surface area contributed by atoms with Gasteiger partial charge in [0.1, 0.15) is 0 Å². The molecule has 0 amide bonds. The van der Waals surface area contributed by atoms with E-state index in [0.29, 0.717) is 28.5 Å². The van der Waals surface area contributed by atoms with Crippen molar-refractivity contribution in [3.8, 4) is 11.5 Å². The number of aliphatic carboxylic acids is 1. The number of ether oxygens (including phenoxy) is 2. The molecule has 0 radical (unpaired) electrons. The first-order valence-corrected chi connectivity index (χ1v) is 6.92. The molecule has 0 aromatic heterocycles. The molecule has 0 bridgehead atoms. The highest BCUT2D eigenvalue weighted by Crippen LogP contribution is 2.42. The maximum absolute atomic E-state index is 11.3. The Morgan fingerprint density at radius 3 is 2.85 bits per heavy atom. The maximum atomic E-state index is 11.3. The maximum Gasteiger partial charge on any atom is 0.309 e. The van der Waals surface area contributed by atoms with E-state index < -0.39 is 18.0 Å². The molecule has 1 aromatic carbocycles. The third kappa shape index (κ3) is 2.99. The van der Waals surface area contributed by atoms with Gasteiger partial charge in [-0.25, -0.2) is 0 Å². The van der Waals surface area contributed by atoms with Gasteiger partial charge in [-0.05, 0) is 24.1 Å². The Balaban J connectivity index is 2.25. The SMILES string of the molecule is CCCCC(C(=O)O)C(O)c1cc(Cl)c2c(c1)OCO2. The van der Waals surface area contributed by atoms with Crippen molar-refractivity contribution >= 4 is 17.6 Å². The second kappa shape index (κ2) is 6.33. The van der Waals surface area contributed by atoms with Crippen LogP contribution in [0.15, 0.2) is 12.1 Å². The molecule has 2 N–H and O–H groups in total. The normalized spacial score (nSPS) is 15.9. The Hall–Kier alpha value is -1.46. The molecule has 1 aromatic rings. The van der Waals surface area contributed by atoms with E-state index in [-0.39, 0.29) is 6.79 Å². The third-order valence-electron chi connectivity index (χ3n) is 3.36. The van der Waals surface area contributed by atoms with E-state index in [1.807, 2.05) is 6.92 Å². The largest absolute Gasteiger partial charge is 0.481 e. The first-order chi connectivity index (χ1) is 9.54. The number of aliphatic hydroxyl groups is 1. The summed E-state index contributed by atoms with van der Waals surface area (Å²) in [5.41, 5.74) is 0.433. The van der Waals surface area contributed by atoms with Crippen LogP contribution in [-0.4, -0.2) is 23.0 Å². The van der Waals surface area contributed by atoms with Crippen LogP contribution >= 0.6 is 11.6 Å². The minimum Gasteiger partial charge on any atom is -0.481 e. The minimum atomic E-state index is -1.12. The molecule has 6 heteroatoms. The van der Waals surface area contributed by atoms with Crippen LogP contribution in [0.25, 0.3) is 0 Å². The van der Waals surface area contributed by atoms with Crippen LogP contribution in [-0.2, 0) is 4.79 Å². The highest BCUT2D eigenvalue weighted by atomic mass is 35.5. The molecular weight excluding hydrogens is 284 g/mol. The van der Waals surface area contributed by atoms with E-state index in [9.17, 15) is 15.0 Å². The topological polar surface area (TPSA) is 76.0 Å². The highest BCUT2D eigenvalue weighted by Gasteiger charge is 2.29. The van der Waals surface area contributed by atoms with Crippen molar-refractivity contribution in [1.82, 2.24) is 0 Å². The van der Waals surface area contributed by atoms with Crippen molar-refractivity contribution in [2.75, 3.05) is 6.79 Å². The van der Waals surface area contributed by atoms with Crippen molar-refractivity contribution in [2.45, 2.75) is 32.3 Å². The second-order valence-electron chi connectivity index (χ2n) is 4.77. The first kappa shape index (κ1) is 14.9. The van der Waals surface area contributed by atoms with Crippen molar-refractivity contribution in [2.24, 2.45) is 5.92 Å². The van der Waals surface area contributed by atoms with Gasteiger partial charge in [0.05, 0.1) is 17.0 Å². The molecule has 20 heavy (non-hydrogen) atoms. The average molecular weight is 301 g/mol. The number of carboxylic acids is 1. The number of hydrogen-bond acceptors (Lipinski definition) is 4. The summed E-state index contributed by atoms with van der Waals surface area (Å²) >= 11 is 6.04. The molecule has 0 spiro atoms. The fourth-order valence-corrected chi connectivity index (χ4v) is 2.50. The minimum absolute atomic E-state index is 0.0762. The van der Waals surface area contributed by atoms with E-state index >= 15 is 0 Å². The van der Waals surface area contributed by atoms with Gasteiger partial charge >= 0.3 is 5.97 Å². The second-order valence-corrected chi connectivity index (χ2v) is 5.18. The molecule has 0 aliphatic carbocycles. The predicted octanol–water partition coefficient (Wildman–Crippen LogP) is 2.99. The molecule has 1 heterocycles. The molecule has 5 nitrogen and oxygen atoms in total. The van der Waals surface area contributed by atoms with Crippen LogP contribution < -0.4 is 9.47 Å². The number of halogens is 1. The Kier molecular flexibility index (Phi) is 4.73. The van der Waals surface area contributed by atoms with E-state index in [1.165, 1.54) is 6.07 Å². The Bertz CT molecular complexity index is 503. The van der Waals surface area contributed by atoms with Gasteiger partial charge in [0.25, 0.3) is 0 Å². The van der Waals surface area contributed by atoms with Crippen LogP contribution in [0.1, 0.15) is 37.9 Å². The lowest BCUT2D eigenvalue weighted by Crippen LogP contribution is -2.22. The summed E-state index contributed by atoms with van der Waals surface area (Å²) in [6.07, 6.45) is 0.912. The number of hydrogen-bond donors (Lipinski definition) is 2. The lowest BCUT2D eigenvalue weighted by atomic mass is 9.91. The molecule has 0 saturated heterocycles. The van der Waals surface area contributed by atoms with Crippen LogP contribution in [0.5, 0.6) is 11.5 Å². The van der Waals surface area contributed by atoms with Gasteiger partial charge in [0, 0.05) is 0 Å². The van der Waals surface area contributed by atoms with Crippen molar-refractivity contribution < 1.29 is 24.5 Å². The predicted molar refractivity (Wildman–Crippen MR) is 73.2 cm³/mol. The molecule has 1 aliphatic heterocycles. The average Bonchev–Trinajstić information content (AvgIpc) is 2.87. The number of carbonyl (C=O) groups is 1. The lowest BCUT2D eigenvalue weighted by molar-refractivity contribution is -0.146. The summed E-state index contributed by atoms with van der Waals surface area (Å²) in [6, 6.07) is 3.11. The van der Waals surface area contributed by atoms with Gasteiger partial charge in [-0.2, -0.15) is 0 Å². The van der Waals surface area contributed by atoms with E-state index in [1.54, 1.807) is 6.07 Å². The van der Waals surface area contributed by atoms with Crippen molar-refractivity contribution in [1.29, 1.82) is 0 Å². The molecule has 0 fully saturated rings. The van der Waals surface area contributed by atoms with Gasteiger partial charge in [-0.3, -0.25) is 4.79 Å². The lowest BCUT2D eigenvalue weighted by Gasteiger charge is -2.20. The standard InChI is InChI=1S/C14H17ClO5/c1-2-3-4-9(14(17)18)12(16)8-5-10(15)13-11(6-8)19-7-20-13/h5-6,9,12,16H,2-4,7H2,1H3,(H,17,18). The van der Waals surface area contributed by atoms with Gasteiger partial charge < -0.3 is 19.7 Å². The summed E-state index contributed by atoms with van der Waals surface area (Å²) in [6.45, 7) is 2.05. The van der Waals surface area contributed by atoms with Crippen LogP contribution in [0.4, 0.5) is 0 Å². The number of fused-ring (bicyclic) bond motifs is 1. The molecule has 2 rings (SSSR count). The summed E-state index contributed by atoms with van der Waals surface area (Å²) in [5.74, 6) is -1.000. The van der Waals surface area contributed by atoms with Crippen molar-refractivity contribution in [3.05, 3.63) is 22.7 Å². The van der Waals surface area contributed by atoms with Crippen molar-refractivity contribution in [3.63, 3.8) is 0 Å². The quantitative estimate of drug-likeness (QED) is 0.844. The number of unbranched alkanes of at least 4 members (excludes halogenated alkanes) is 1. The molecule has 0 saturated carbocycles. The van der Waals surface area contributed by atoms with Crippen LogP contribution in [0.3, 0.4) is 0 Å². The summed E-state index contributed by atoms with van der Waals surface area (Å²) in [5, 5.41) is 19.9. The fourth-order valence-electron chi connectivity index (χ4n) is 2.23. The monoisotopic (exact) mass is 300 g/mol. The van der Waals surface area contributed by atoms with Gasteiger partial charge in [-0.15, -0.1) is 0 Å². The number of aliphatic hydroxyl groups excluding tert-OH is 1. The number of benzene rings is 1. The number of carboxylic acid groups (broad SMARTS) is 1. The smallest absolute Gasteiger partial charge is 0.309 e. The summed E-state index contributed by atoms with van der Waals surface area (Å²) in [7, 11) is 0. The first-order valence-electron chi connectivity index (χ1n) is 6.54. The molecule has 2 unspecified atom stereocenters. The third-order valence-corrected chi connectivity index (χ3v) is 3.64. The fraction of sp³-hybridized carbons (Fsp3) is 0.500. The van der Waals surface area contributed by atoms with Gasteiger partial charge in [-0.1, -0.05) is 31.4 Å².